The number of fused-ring (bicyclic) bond motifs is 3. The number of benzene rings is 3. The quantitative estimate of drug-likeness (QED) is 0.344. The van der Waals surface area contributed by atoms with E-state index in [4.69, 9.17) is 11.6 Å². The summed E-state index contributed by atoms with van der Waals surface area (Å²) in [4.78, 5) is 17.9. The molecule has 0 spiro atoms. The number of nitrogens with one attached hydrogen (secondary N) is 1. The standard InChI is InChI=1S/C29H26ClN5O/c1-19-8-11-27-21(14-19)15-23-12-13-29(17-34(23)27,22-6-4-3-5-7-22)32-28(36)25-10-9-24(16-26(25)30)35-18-31-20(2)33-35/h3-11,14-16,18H,12-13,17H2,1-2H3,(H,32,36)/t29-/m1/s1. The maximum Gasteiger partial charge on any atom is 0.253 e. The van der Waals surface area contributed by atoms with Gasteiger partial charge in [-0.1, -0.05) is 53.6 Å². The van der Waals surface area contributed by atoms with Gasteiger partial charge in [0.15, 0.2) is 0 Å². The van der Waals surface area contributed by atoms with Crippen molar-refractivity contribution in [1.29, 1.82) is 0 Å². The molecule has 1 atom stereocenters. The molecule has 7 heteroatoms. The molecule has 0 fully saturated rings. The lowest BCUT2D eigenvalue weighted by molar-refractivity contribution is 0.0868. The molecule has 1 N–H and O–H groups in total. The molecule has 0 saturated heterocycles. The van der Waals surface area contributed by atoms with Crippen molar-refractivity contribution >= 4 is 28.4 Å². The van der Waals surface area contributed by atoms with E-state index in [1.54, 1.807) is 23.1 Å². The number of hydrogen-bond acceptors (Lipinski definition) is 3. The lowest BCUT2D eigenvalue weighted by atomic mass is 9.82. The Balaban J connectivity index is 1.37. The molecule has 180 valence electrons. The predicted molar refractivity (Wildman–Crippen MR) is 142 cm³/mol. The Morgan fingerprint density at radius 1 is 1.03 bits per heavy atom. The first-order valence-corrected chi connectivity index (χ1v) is 12.4. The maximum absolute atomic E-state index is 13.7. The zero-order valence-electron chi connectivity index (χ0n) is 20.2. The van der Waals surface area contributed by atoms with Crippen molar-refractivity contribution in [2.24, 2.45) is 0 Å². The van der Waals surface area contributed by atoms with Crippen LogP contribution in [0.4, 0.5) is 0 Å². The second-order valence-electron chi connectivity index (χ2n) is 9.59. The van der Waals surface area contributed by atoms with Gasteiger partial charge in [-0.2, -0.15) is 5.10 Å². The lowest BCUT2D eigenvalue weighted by Crippen LogP contribution is -2.51. The van der Waals surface area contributed by atoms with Gasteiger partial charge in [0.25, 0.3) is 5.91 Å². The van der Waals surface area contributed by atoms with Crippen LogP contribution in [0.15, 0.2) is 79.1 Å². The Morgan fingerprint density at radius 2 is 1.86 bits per heavy atom. The Kier molecular flexibility index (Phi) is 5.41. The molecular weight excluding hydrogens is 470 g/mol. The van der Waals surface area contributed by atoms with Crippen molar-refractivity contribution in [3.63, 3.8) is 0 Å². The van der Waals surface area contributed by atoms with E-state index >= 15 is 0 Å². The van der Waals surface area contributed by atoms with Gasteiger partial charge in [-0.25, -0.2) is 9.67 Å². The molecule has 0 bridgehead atoms. The third-order valence-electron chi connectivity index (χ3n) is 7.13. The van der Waals surface area contributed by atoms with Crippen LogP contribution in [-0.2, 0) is 18.5 Å². The molecule has 0 aliphatic carbocycles. The minimum absolute atomic E-state index is 0.194. The fourth-order valence-electron chi connectivity index (χ4n) is 5.28. The number of hydrogen-bond donors (Lipinski definition) is 1. The fraction of sp³-hybridized carbons (Fsp3) is 0.207. The summed E-state index contributed by atoms with van der Waals surface area (Å²) in [5, 5.41) is 9.34. The second kappa shape index (κ2) is 8.64. The highest BCUT2D eigenvalue weighted by molar-refractivity contribution is 6.34. The van der Waals surface area contributed by atoms with Crippen molar-refractivity contribution in [1.82, 2.24) is 24.6 Å². The van der Waals surface area contributed by atoms with E-state index in [1.807, 2.05) is 31.2 Å². The van der Waals surface area contributed by atoms with E-state index in [-0.39, 0.29) is 5.91 Å². The van der Waals surface area contributed by atoms with Gasteiger partial charge in [0, 0.05) is 16.6 Å². The van der Waals surface area contributed by atoms with Crippen LogP contribution in [0.5, 0.6) is 0 Å². The van der Waals surface area contributed by atoms with Gasteiger partial charge in [-0.3, -0.25) is 4.79 Å². The smallest absolute Gasteiger partial charge is 0.253 e. The monoisotopic (exact) mass is 495 g/mol. The summed E-state index contributed by atoms with van der Waals surface area (Å²) in [7, 11) is 0. The van der Waals surface area contributed by atoms with E-state index in [0.717, 1.165) is 24.1 Å². The Morgan fingerprint density at radius 3 is 2.61 bits per heavy atom. The molecule has 2 aromatic heterocycles. The van der Waals surface area contributed by atoms with Crippen LogP contribution in [0, 0.1) is 13.8 Å². The van der Waals surface area contributed by atoms with Crippen LogP contribution in [0.1, 0.15) is 39.4 Å². The summed E-state index contributed by atoms with van der Waals surface area (Å²) >= 11 is 6.62. The molecule has 5 aromatic rings. The van der Waals surface area contributed by atoms with Gasteiger partial charge >= 0.3 is 0 Å². The normalized spacial score (nSPS) is 17.2. The van der Waals surface area contributed by atoms with E-state index in [1.165, 1.54) is 22.2 Å². The topological polar surface area (TPSA) is 64.7 Å². The van der Waals surface area contributed by atoms with Gasteiger partial charge in [0.2, 0.25) is 0 Å². The van der Waals surface area contributed by atoms with Crippen molar-refractivity contribution < 1.29 is 4.79 Å². The van der Waals surface area contributed by atoms with E-state index < -0.39 is 5.54 Å². The summed E-state index contributed by atoms with van der Waals surface area (Å²) in [6, 6.07) is 24.4. The molecule has 36 heavy (non-hydrogen) atoms. The molecule has 1 aliphatic heterocycles. The number of aryl methyl sites for hydroxylation is 3. The van der Waals surface area contributed by atoms with Crippen molar-refractivity contribution in [2.75, 3.05) is 0 Å². The van der Waals surface area contributed by atoms with Crippen molar-refractivity contribution in [2.45, 2.75) is 38.8 Å². The molecule has 6 rings (SSSR count). The first-order valence-electron chi connectivity index (χ1n) is 12.1. The minimum Gasteiger partial charge on any atom is -0.342 e. The number of carbonyl (C=O) groups is 1. The van der Waals surface area contributed by atoms with Crippen LogP contribution < -0.4 is 5.32 Å². The first kappa shape index (κ1) is 22.6. The number of nitrogens with zero attached hydrogens (tertiary/aromatic N) is 4. The third kappa shape index (κ3) is 3.88. The van der Waals surface area contributed by atoms with Gasteiger partial charge < -0.3 is 9.88 Å². The molecule has 6 nitrogen and oxygen atoms in total. The maximum atomic E-state index is 13.7. The third-order valence-corrected chi connectivity index (χ3v) is 7.44. The average molecular weight is 496 g/mol. The summed E-state index contributed by atoms with van der Waals surface area (Å²) < 4.78 is 4.00. The van der Waals surface area contributed by atoms with Gasteiger partial charge in [-0.15, -0.1) is 0 Å². The second-order valence-corrected chi connectivity index (χ2v) is 9.99. The molecule has 1 amide bonds. The summed E-state index contributed by atoms with van der Waals surface area (Å²) in [5.41, 5.74) is 5.44. The van der Waals surface area contributed by atoms with Crippen LogP contribution in [0.3, 0.4) is 0 Å². The molecule has 3 aromatic carbocycles. The fourth-order valence-corrected chi connectivity index (χ4v) is 5.54. The Hall–Kier alpha value is -3.90. The molecule has 3 heterocycles. The molecular formula is C29H26ClN5O. The molecule has 0 radical (unpaired) electrons. The highest BCUT2D eigenvalue weighted by Crippen LogP contribution is 2.37. The zero-order valence-corrected chi connectivity index (χ0v) is 21.0. The highest BCUT2D eigenvalue weighted by Gasteiger charge is 2.38. The molecule has 1 aliphatic rings. The van der Waals surface area contributed by atoms with Crippen LogP contribution in [0.2, 0.25) is 5.02 Å². The molecule has 0 saturated carbocycles. The van der Waals surface area contributed by atoms with E-state index in [0.29, 0.717) is 23.0 Å². The highest BCUT2D eigenvalue weighted by atomic mass is 35.5. The van der Waals surface area contributed by atoms with Gasteiger partial charge in [0.1, 0.15) is 12.2 Å². The summed E-state index contributed by atoms with van der Waals surface area (Å²) in [6.07, 6.45) is 3.29. The van der Waals surface area contributed by atoms with Gasteiger partial charge in [0.05, 0.1) is 28.4 Å². The predicted octanol–water partition coefficient (Wildman–Crippen LogP) is 5.76. The Labute approximate surface area is 214 Å². The number of rotatable bonds is 4. The first-order chi connectivity index (χ1) is 17.4. The molecule has 0 unspecified atom stereocenters. The van der Waals surface area contributed by atoms with Crippen LogP contribution >= 0.6 is 11.6 Å². The van der Waals surface area contributed by atoms with Gasteiger partial charge in [-0.05, 0) is 68.7 Å². The number of carbonyl (C=O) groups excluding carboxylic acids is 1. The van der Waals surface area contributed by atoms with Crippen LogP contribution in [-0.4, -0.2) is 25.2 Å². The largest absolute Gasteiger partial charge is 0.342 e. The van der Waals surface area contributed by atoms with Crippen molar-refractivity contribution in [3.05, 3.63) is 112 Å². The summed E-state index contributed by atoms with van der Waals surface area (Å²) in [5.74, 6) is 0.475. The lowest BCUT2D eigenvalue weighted by Gasteiger charge is -2.40. The zero-order chi connectivity index (χ0) is 24.9. The Bertz CT molecular complexity index is 1600. The SMILES string of the molecule is Cc1ccc2c(c1)cc1n2C[C@@](NC(=O)c2ccc(-n3cnc(C)n3)cc2Cl)(c2ccccc2)CC1. The van der Waals surface area contributed by atoms with E-state index in [9.17, 15) is 4.79 Å². The minimum atomic E-state index is -0.562. The summed E-state index contributed by atoms with van der Waals surface area (Å²) in [6.45, 7) is 4.59. The number of aromatic nitrogens is 4. The van der Waals surface area contributed by atoms with Crippen molar-refractivity contribution in [3.8, 4) is 5.69 Å². The van der Waals surface area contributed by atoms with E-state index in [2.05, 4.69) is 63.3 Å². The average Bonchev–Trinajstić information content (AvgIpc) is 3.47. The van der Waals surface area contributed by atoms with Crippen LogP contribution in [0.25, 0.3) is 16.6 Å². The number of amides is 1. The number of halogens is 1.